The molecule has 112 valence electrons. The Kier molecular flexibility index (Phi) is 4.65. The van der Waals surface area contributed by atoms with Crippen LogP contribution in [0.15, 0.2) is 64.3 Å². The first-order valence-electron chi connectivity index (χ1n) is 6.80. The molecule has 0 saturated heterocycles. The number of ether oxygens (including phenoxy) is 1. The highest BCUT2D eigenvalue weighted by atomic mass is 32.2. The third-order valence-corrected chi connectivity index (χ3v) is 5.49. The van der Waals surface area contributed by atoms with Crippen molar-refractivity contribution in [3.63, 3.8) is 0 Å². The molecule has 0 radical (unpaired) electrons. The maximum atomic E-state index is 12.4. The van der Waals surface area contributed by atoms with Gasteiger partial charge in [-0.15, -0.1) is 4.73 Å². The van der Waals surface area contributed by atoms with Crippen molar-refractivity contribution >= 4 is 23.1 Å². The molecule has 0 saturated carbocycles. The number of rotatable bonds is 5. The van der Waals surface area contributed by atoms with Crippen molar-refractivity contribution in [2.75, 3.05) is 7.11 Å². The number of methoxy groups -OCH3 is 1. The molecule has 0 amide bonds. The molecule has 0 bridgehead atoms. The molecule has 3 aromatic rings. The first kappa shape index (κ1) is 14.9. The summed E-state index contributed by atoms with van der Waals surface area (Å²) in [5, 5.41) is 14.3. The van der Waals surface area contributed by atoms with Crippen LogP contribution >= 0.6 is 23.1 Å². The van der Waals surface area contributed by atoms with Crippen LogP contribution in [0.5, 0.6) is 5.75 Å². The Morgan fingerprint density at radius 3 is 2.50 bits per heavy atom. The molecule has 0 unspecified atom stereocenters. The number of nitrogens with zero attached hydrogens (tertiary/aromatic N) is 1. The highest BCUT2D eigenvalue weighted by Gasteiger charge is 2.17. The lowest BCUT2D eigenvalue weighted by molar-refractivity contribution is -0.626. The van der Waals surface area contributed by atoms with Gasteiger partial charge in [0.1, 0.15) is 5.75 Å². The molecule has 0 aliphatic rings. The van der Waals surface area contributed by atoms with E-state index >= 15 is 0 Å². The smallest absolute Gasteiger partial charge is 0.309 e. The number of hydrogen-bond donors (Lipinski definition) is 0. The van der Waals surface area contributed by atoms with E-state index in [9.17, 15) is 5.21 Å². The third kappa shape index (κ3) is 3.26. The van der Waals surface area contributed by atoms with Crippen LogP contribution in [0.4, 0.5) is 0 Å². The van der Waals surface area contributed by atoms with Crippen molar-refractivity contribution in [2.24, 2.45) is 0 Å². The molecule has 3 nitrogen and oxygen atoms in total. The molecule has 0 spiro atoms. The summed E-state index contributed by atoms with van der Waals surface area (Å²) in [6, 6.07) is 17.7. The van der Waals surface area contributed by atoms with Crippen LogP contribution in [0.25, 0.3) is 11.3 Å². The summed E-state index contributed by atoms with van der Waals surface area (Å²) in [6.07, 6.45) is 0. The fraction of sp³-hybridized carbons (Fsp3) is 0.118. The SMILES string of the molecule is COc1ccc(-c2csc(SCc3ccccc3)[n+]2[O-])cc1. The average molecular weight is 329 g/mol. The summed E-state index contributed by atoms with van der Waals surface area (Å²) in [4.78, 5) is 0. The Morgan fingerprint density at radius 2 is 1.82 bits per heavy atom. The van der Waals surface area contributed by atoms with Crippen LogP contribution in [0.1, 0.15) is 5.56 Å². The van der Waals surface area contributed by atoms with Crippen molar-refractivity contribution < 1.29 is 9.47 Å². The van der Waals surface area contributed by atoms with E-state index in [-0.39, 0.29) is 0 Å². The molecular formula is C17H15NO2S2. The minimum Gasteiger partial charge on any atom is -0.617 e. The van der Waals surface area contributed by atoms with Crippen LogP contribution < -0.4 is 9.47 Å². The fourth-order valence-corrected chi connectivity index (χ4v) is 3.99. The van der Waals surface area contributed by atoms with E-state index in [0.717, 1.165) is 26.1 Å². The standard InChI is InChI=1S/C17H15NO2S2/c1-20-15-9-7-14(8-10-15)16-12-22-17(18(16)19)21-11-13-5-3-2-4-6-13/h2-10,12H,11H2,1H3. The molecule has 0 atom stereocenters. The van der Waals surface area contributed by atoms with Gasteiger partial charge in [0.2, 0.25) is 5.69 Å². The molecule has 22 heavy (non-hydrogen) atoms. The molecule has 3 rings (SSSR count). The zero-order valence-corrected chi connectivity index (χ0v) is 13.7. The molecule has 5 heteroatoms. The van der Waals surface area contributed by atoms with Gasteiger partial charge in [-0.1, -0.05) is 41.7 Å². The quantitative estimate of drug-likeness (QED) is 0.397. The second kappa shape index (κ2) is 6.85. The largest absolute Gasteiger partial charge is 0.617 e. The van der Waals surface area contributed by atoms with Gasteiger partial charge in [0.05, 0.1) is 12.5 Å². The second-order valence-electron chi connectivity index (χ2n) is 4.68. The van der Waals surface area contributed by atoms with Crippen LogP contribution in [0.3, 0.4) is 0 Å². The van der Waals surface area contributed by atoms with Crippen LogP contribution in [-0.4, -0.2) is 7.11 Å². The molecule has 1 aromatic heterocycles. The third-order valence-electron chi connectivity index (χ3n) is 3.25. The molecule has 0 aliphatic heterocycles. The van der Waals surface area contributed by atoms with Gasteiger partial charge in [0.25, 0.3) is 0 Å². The minimum absolute atomic E-state index is 0.684. The van der Waals surface area contributed by atoms with Crippen molar-refractivity contribution in [3.8, 4) is 17.0 Å². The summed E-state index contributed by atoms with van der Waals surface area (Å²) in [6.45, 7) is 0. The van der Waals surface area contributed by atoms with Gasteiger partial charge < -0.3 is 9.94 Å². The van der Waals surface area contributed by atoms with Gasteiger partial charge in [-0.3, -0.25) is 0 Å². The van der Waals surface area contributed by atoms with Gasteiger partial charge in [-0.2, -0.15) is 0 Å². The van der Waals surface area contributed by atoms with Gasteiger partial charge in [-0.05, 0) is 41.6 Å². The van der Waals surface area contributed by atoms with Crippen molar-refractivity contribution in [1.82, 2.24) is 0 Å². The monoisotopic (exact) mass is 329 g/mol. The van der Waals surface area contributed by atoms with Crippen LogP contribution in [-0.2, 0) is 5.75 Å². The maximum Gasteiger partial charge on any atom is 0.309 e. The summed E-state index contributed by atoms with van der Waals surface area (Å²) in [5.41, 5.74) is 2.80. The van der Waals surface area contributed by atoms with Crippen LogP contribution in [0, 0.1) is 5.21 Å². The predicted octanol–water partition coefficient (Wildman–Crippen LogP) is 4.35. The fourth-order valence-electron chi connectivity index (χ4n) is 2.06. The van der Waals surface area contributed by atoms with Crippen molar-refractivity contribution in [1.29, 1.82) is 0 Å². The average Bonchev–Trinajstić information content (AvgIpc) is 2.95. The number of hydrogen-bond acceptors (Lipinski definition) is 4. The van der Waals surface area contributed by atoms with Crippen molar-refractivity contribution in [3.05, 3.63) is 70.7 Å². The summed E-state index contributed by atoms with van der Waals surface area (Å²) < 4.78 is 6.91. The minimum atomic E-state index is 0.684. The first-order chi connectivity index (χ1) is 10.8. The van der Waals surface area contributed by atoms with Gasteiger partial charge >= 0.3 is 4.34 Å². The topological polar surface area (TPSA) is 36.2 Å². The summed E-state index contributed by atoms with van der Waals surface area (Å²) in [7, 11) is 1.63. The lowest BCUT2D eigenvalue weighted by atomic mass is 10.2. The van der Waals surface area contributed by atoms with Gasteiger partial charge in [-0.25, -0.2) is 0 Å². The van der Waals surface area contributed by atoms with E-state index in [1.807, 2.05) is 47.8 Å². The number of thioether (sulfide) groups is 1. The first-order valence-corrected chi connectivity index (χ1v) is 8.66. The van der Waals surface area contributed by atoms with Crippen LogP contribution in [0.2, 0.25) is 0 Å². The highest BCUT2D eigenvalue weighted by molar-refractivity contribution is 8.00. The van der Waals surface area contributed by atoms with E-state index < -0.39 is 0 Å². The molecular weight excluding hydrogens is 314 g/mol. The van der Waals surface area contributed by atoms with E-state index in [4.69, 9.17) is 4.74 Å². The van der Waals surface area contributed by atoms with Gasteiger partial charge in [0.15, 0.2) is 0 Å². The zero-order chi connectivity index (χ0) is 15.4. The number of benzene rings is 2. The Bertz CT molecular complexity index is 739. The number of aromatic nitrogens is 1. The zero-order valence-electron chi connectivity index (χ0n) is 12.1. The van der Waals surface area contributed by atoms with E-state index in [2.05, 4.69) is 12.1 Å². The molecule has 1 heterocycles. The molecule has 0 N–H and O–H groups in total. The van der Waals surface area contributed by atoms with Crippen molar-refractivity contribution in [2.45, 2.75) is 10.1 Å². The highest BCUT2D eigenvalue weighted by Crippen LogP contribution is 2.29. The van der Waals surface area contributed by atoms with E-state index in [0.29, 0.717) is 5.69 Å². The maximum absolute atomic E-state index is 12.4. The Balaban J connectivity index is 1.76. The Labute approximate surface area is 137 Å². The second-order valence-corrected chi connectivity index (χ2v) is 6.76. The van der Waals surface area contributed by atoms with E-state index in [1.165, 1.54) is 16.9 Å². The lowest BCUT2D eigenvalue weighted by Gasteiger charge is -2.03. The lowest BCUT2D eigenvalue weighted by Crippen LogP contribution is -2.28. The Morgan fingerprint density at radius 1 is 1.09 bits per heavy atom. The molecule has 0 aliphatic carbocycles. The molecule has 0 fully saturated rings. The van der Waals surface area contributed by atoms with E-state index in [1.54, 1.807) is 18.9 Å². The number of thiazole rings is 1. The predicted molar refractivity (Wildman–Crippen MR) is 91.3 cm³/mol. The summed E-state index contributed by atoms with van der Waals surface area (Å²) >= 11 is 3.05. The normalized spacial score (nSPS) is 10.6. The Hall–Kier alpha value is -1.98. The summed E-state index contributed by atoms with van der Waals surface area (Å²) in [5.74, 6) is 1.58. The van der Waals surface area contributed by atoms with Gasteiger partial charge in [0, 0.05) is 11.3 Å². The molecule has 2 aromatic carbocycles.